The van der Waals surface area contributed by atoms with Gasteiger partial charge >= 0.3 is 0 Å². The van der Waals surface area contributed by atoms with E-state index >= 15 is 0 Å². The summed E-state index contributed by atoms with van der Waals surface area (Å²) >= 11 is 0. The summed E-state index contributed by atoms with van der Waals surface area (Å²) in [4.78, 5) is 11.5. The molecule has 0 aromatic carbocycles. The first-order valence-electron chi connectivity index (χ1n) is 5.34. The standard InChI is InChI=1S/C11H19NO4/c1-8(10(14)12-4-5-13)6-9-7-15-11(2,3)16-9/h6,9,13H,4-5,7H2,1-3H3,(H,12,14)/b8-6+. The Morgan fingerprint density at radius 2 is 2.31 bits per heavy atom. The number of rotatable bonds is 4. The van der Waals surface area contributed by atoms with Crippen LogP contribution in [0.2, 0.25) is 0 Å². The van der Waals surface area contributed by atoms with Crippen molar-refractivity contribution in [1.82, 2.24) is 5.32 Å². The molecule has 0 aromatic heterocycles. The first-order valence-corrected chi connectivity index (χ1v) is 5.34. The van der Waals surface area contributed by atoms with Crippen LogP contribution in [0.15, 0.2) is 11.6 Å². The number of hydrogen-bond donors (Lipinski definition) is 2. The maximum Gasteiger partial charge on any atom is 0.246 e. The van der Waals surface area contributed by atoms with Crippen LogP contribution in [0.4, 0.5) is 0 Å². The van der Waals surface area contributed by atoms with Gasteiger partial charge in [0.1, 0.15) is 6.10 Å². The highest BCUT2D eigenvalue weighted by Crippen LogP contribution is 2.23. The van der Waals surface area contributed by atoms with E-state index in [9.17, 15) is 4.79 Å². The Labute approximate surface area is 95.4 Å². The van der Waals surface area contributed by atoms with E-state index in [0.29, 0.717) is 12.2 Å². The molecular weight excluding hydrogens is 210 g/mol. The van der Waals surface area contributed by atoms with Gasteiger partial charge in [0.2, 0.25) is 5.91 Å². The van der Waals surface area contributed by atoms with Gasteiger partial charge in [-0.1, -0.05) is 0 Å². The fraction of sp³-hybridized carbons (Fsp3) is 0.727. The Hall–Kier alpha value is -0.910. The molecule has 0 saturated carbocycles. The smallest absolute Gasteiger partial charge is 0.246 e. The molecule has 16 heavy (non-hydrogen) atoms. The number of aliphatic hydroxyl groups is 1. The number of amides is 1. The predicted octanol–water partition coefficient (Wildman–Crippen LogP) is 0.193. The van der Waals surface area contributed by atoms with E-state index in [-0.39, 0.29) is 25.2 Å². The molecule has 1 heterocycles. The number of nitrogens with one attached hydrogen (secondary N) is 1. The Morgan fingerprint density at radius 3 is 2.81 bits per heavy atom. The highest BCUT2D eigenvalue weighted by Gasteiger charge is 2.31. The molecule has 5 nitrogen and oxygen atoms in total. The first kappa shape index (κ1) is 13.2. The third-order valence-electron chi connectivity index (χ3n) is 2.22. The molecule has 1 aliphatic heterocycles. The van der Waals surface area contributed by atoms with Gasteiger partial charge in [-0.2, -0.15) is 0 Å². The maximum absolute atomic E-state index is 11.5. The van der Waals surface area contributed by atoms with Gasteiger partial charge in [0.15, 0.2) is 5.79 Å². The highest BCUT2D eigenvalue weighted by atomic mass is 16.7. The van der Waals surface area contributed by atoms with Crippen molar-refractivity contribution in [3.05, 3.63) is 11.6 Å². The van der Waals surface area contributed by atoms with E-state index in [0.717, 1.165) is 0 Å². The summed E-state index contributed by atoms with van der Waals surface area (Å²) in [6, 6.07) is 0. The van der Waals surface area contributed by atoms with Crippen molar-refractivity contribution in [3.63, 3.8) is 0 Å². The van der Waals surface area contributed by atoms with Gasteiger partial charge in [-0.15, -0.1) is 0 Å². The molecule has 0 bridgehead atoms. The molecule has 1 unspecified atom stereocenters. The molecule has 1 fully saturated rings. The Bertz CT molecular complexity index is 286. The Kier molecular flexibility index (Phi) is 4.46. The first-order chi connectivity index (χ1) is 7.44. The second kappa shape index (κ2) is 5.43. The van der Waals surface area contributed by atoms with Crippen molar-refractivity contribution in [2.75, 3.05) is 19.8 Å². The Morgan fingerprint density at radius 1 is 1.62 bits per heavy atom. The summed E-state index contributed by atoms with van der Waals surface area (Å²) < 4.78 is 10.9. The summed E-state index contributed by atoms with van der Waals surface area (Å²) in [7, 11) is 0. The van der Waals surface area contributed by atoms with Crippen LogP contribution in [-0.4, -0.2) is 42.7 Å². The molecule has 1 rings (SSSR count). The van der Waals surface area contributed by atoms with Crippen molar-refractivity contribution in [1.29, 1.82) is 0 Å². The quantitative estimate of drug-likeness (QED) is 0.675. The molecule has 0 aromatic rings. The lowest BCUT2D eigenvalue weighted by Crippen LogP contribution is -2.28. The zero-order chi connectivity index (χ0) is 12.2. The van der Waals surface area contributed by atoms with Crippen LogP contribution < -0.4 is 5.32 Å². The molecule has 5 heteroatoms. The van der Waals surface area contributed by atoms with Crippen LogP contribution in [0.25, 0.3) is 0 Å². The zero-order valence-electron chi connectivity index (χ0n) is 9.95. The van der Waals surface area contributed by atoms with Crippen molar-refractivity contribution in [3.8, 4) is 0 Å². The van der Waals surface area contributed by atoms with Gasteiger partial charge < -0.3 is 19.9 Å². The van der Waals surface area contributed by atoms with Crippen molar-refractivity contribution < 1.29 is 19.4 Å². The number of hydrogen-bond acceptors (Lipinski definition) is 4. The number of aliphatic hydroxyl groups excluding tert-OH is 1. The van der Waals surface area contributed by atoms with Gasteiger partial charge in [0.25, 0.3) is 0 Å². The van der Waals surface area contributed by atoms with Crippen molar-refractivity contribution in [2.45, 2.75) is 32.7 Å². The molecule has 0 spiro atoms. The van der Waals surface area contributed by atoms with E-state index in [1.807, 2.05) is 13.8 Å². The minimum Gasteiger partial charge on any atom is -0.395 e. The van der Waals surface area contributed by atoms with Gasteiger partial charge in [-0.3, -0.25) is 4.79 Å². The topological polar surface area (TPSA) is 67.8 Å². The lowest BCUT2D eigenvalue weighted by Gasteiger charge is -2.16. The maximum atomic E-state index is 11.5. The third kappa shape index (κ3) is 3.92. The van der Waals surface area contributed by atoms with Crippen LogP contribution in [0.5, 0.6) is 0 Å². The average Bonchev–Trinajstić information content (AvgIpc) is 2.54. The lowest BCUT2D eigenvalue weighted by molar-refractivity contribution is -0.133. The predicted molar refractivity (Wildman–Crippen MR) is 58.8 cm³/mol. The normalized spacial score (nSPS) is 24.5. The van der Waals surface area contributed by atoms with Crippen molar-refractivity contribution >= 4 is 5.91 Å². The summed E-state index contributed by atoms with van der Waals surface area (Å²) in [6.45, 7) is 6.04. The molecule has 1 amide bonds. The van der Waals surface area contributed by atoms with Gasteiger partial charge in [0, 0.05) is 12.1 Å². The average molecular weight is 229 g/mol. The van der Waals surface area contributed by atoms with E-state index in [4.69, 9.17) is 14.6 Å². The van der Waals surface area contributed by atoms with E-state index in [1.54, 1.807) is 13.0 Å². The molecule has 92 valence electrons. The monoisotopic (exact) mass is 229 g/mol. The summed E-state index contributed by atoms with van der Waals surface area (Å²) in [5, 5.41) is 11.1. The molecule has 0 radical (unpaired) electrons. The number of ether oxygens (including phenoxy) is 2. The van der Waals surface area contributed by atoms with E-state index < -0.39 is 5.79 Å². The summed E-state index contributed by atoms with van der Waals surface area (Å²) in [5.74, 6) is -0.773. The zero-order valence-corrected chi connectivity index (χ0v) is 9.95. The fourth-order valence-electron chi connectivity index (χ4n) is 1.46. The second-order valence-corrected chi connectivity index (χ2v) is 4.20. The van der Waals surface area contributed by atoms with E-state index in [2.05, 4.69) is 5.32 Å². The molecule has 1 aliphatic rings. The molecule has 1 saturated heterocycles. The molecule has 0 aliphatic carbocycles. The van der Waals surface area contributed by atoms with Crippen LogP contribution in [0, 0.1) is 0 Å². The summed E-state index contributed by atoms with van der Waals surface area (Å²) in [5.41, 5.74) is 0.569. The second-order valence-electron chi connectivity index (χ2n) is 4.20. The minimum atomic E-state index is -0.580. The van der Waals surface area contributed by atoms with Gasteiger partial charge in [-0.25, -0.2) is 0 Å². The minimum absolute atomic E-state index is 0.0604. The van der Waals surface area contributed by atoms with Crippen LogP contribution in [0.1, 0.15) is 20.8 Å². The highest BCUT2D eigenvalue weighted by molar-refractivity contribution is 5.92. The van der Waals surface area contributed by atoms with Crippen molar-refractivity contribution in [2.24, 2.45) is 0 Å². The van der Waals surface area contributed by atoms with Crippen LogP contribution in [-0.2, 0) is 14.3 Å². The molecule has 2 N–H and O–H groups in total. The largest absolute Gasteiger partial charge is 0.395 e. The lowest BCUT2D eigenvalue weighted by atomic mass is 10.2. The van der Waals surface area contributed by atoms with Gasteiger partial charge in [-0.05, 0) is 26.8 Å². The number of carbonyl (C=O) groups is 1. The summed E-state index contributed by atoms with van der Waals surface area (Å²) in [6.07, 6.45) is 1.55. The molecular formula is C11H19NO4. The van der Waals surface area contributed by atoms with E-state index in [1.165, 1.54) is 0 Å². The van der Waals surface area contributed by atoms with Crippen LogP contribution >= 0.6 is 0 Å². The van der Waals surface area contributed by atoms with Crippen LogP contribution in [0.3, 0.4) is 0 Å². The molecule has 1 atom stereocenters. The number of carbonyl (C=O) groups excluding carboxylic acids is 1. The fourth-order valence-corrected chi connectivity index (χ4v) is 1.46. The third-order valence-corrected chi connectivity index (χ3v) is 2.22. The SMILES string of the molecule is C/C(=C\C1COC(C)(C)O1)C(=O)NCCO. The Balaban J connectivity index is 2.47. The van der Waals surface area contributed by atoms with Gasteiger partial charge in [0.05, 0.1) is 13.2 Å².